The molecule has 29 heavy (non-hydrogen) atoms. The Labute approximate surface area is 168 Å². The molecule has 0 aliphatic carbocycles. The van der Waals surface area contributed by atoms with Gasteiger partial charge in [-0.25, -0.2) is 22.9 Å². The zero-order valence-electron chi connectivity index (χ0n) is 16.0. The van der Waals surface area contributed by atoms with Gasteiger partial charge in [-0.05, 0) is 18.4 Å². The van der Waals surface area contributed by atoms with Crippen molar-refractivity contribution in [3.8, 4) is 0 Å². The number of benzene rings is 1. The fourth-order valence-electron chi connectivity index (χ4n) is 4.42. The minimum atomic E-state index is -3.72. The van der Waals surface area contributed by atoms with Gasteiger partial charge in [-0.1, -0.05) is 30.3 Å². The highest BCUT2D eigenvalue weighted by atomic mass is 32.2. The summed E-state index contributed by atoms with van der Waals surface area (Å²) in [6.45, 7) is 0.733. The third-order valence-corrected chi connectivity index (χ3v) is 7.65. The van der Waals surface area contributed by atoms with Gasteiger partial charge >= 0.3 is 5.69 Å². The van der Waals surface area contributed by atoms with Crippen molar-refractivity contribution in [2.24, 2.45) is 7.05 Å². The smallest absolute Gasteiger partial charge is 0.339 e. The van der Waals surface area contributed by atoms with E-state index in [0.29, 0.717) is 25.3 Å². The molecule has 0 spiro atoms. The second-order valence-corrected chi connectivity index (χ2v) is 9.54. The molecule has 1 fully saturated rings. The molecule has 4 heterocycles. The number of hydrogen-bond donors (Lipinski definition) is 0. The summed E-state index contributed by atoms with van der Waals surface area (Å²) >= 11 is 0. The number of nitrogens with zero attached hydrogens (tertiary/aromatic N) is 6. The normalized spacial score (nSPS) is 21.8. The third kappa shape index (κ3) is 3.03. The van der Waals surface area contributed by atoms with Gasteiger partial charge in [0.05, 0.1) is 12.9 Å². The van der Waals surface area contributed by atoms with Gasteiger partial charge < -0.3 is 4.57 Å². The number of rotatable bonds is 4. The van der Waals surface area contributed by atoms with Crippen LogP contribution in [0, 0.1) is 0 Å². The molecule has 2 atom stereocenters. The first-order valence-electron chi connectivity index (χ1n) is 9.65. The Balaban J connectivity index is 1.47. The maximum atomic E-state index is 13.2. The van der Waals surface area contributed by atoms with Crippen LogP contribution in [-0.2, 0) is 36.6 Å². The SMILES string of the molecule is Cn1cnc(S(=O)(=O)N2[C@@H]3CC[C@H]2Cc2nn(Cc4ccccc4)c(=O)n2C3)c1. The molecule has 9 nitrogen and oxygen atoms in total. The van der Waals surface area contributed by atoms with E-state index in [0.717, 1.165) is 18.4 Å². The van der Waals surface area contributed by atoms with Crippen LogP contribution in [0.5, 0.6) is 0 Å². The minimum Gasteiger partial charge on any atom is -0.339 e. The molecular weight excluding hydrogens is 392 g/mol. The number of hydrogen-bond acceptors (Lipinski definition) is 5. The predicted molar refractivity (Wildman–Crippen MR) is 105 cm³/mol. The molecule has 0 amide bonds. The van der Waals surface area contributed by atoms with E-state index in [9.17, 15) is 13.2 Å². The molecular formula is C19H22N6O3S. The number of fused-ring (bicyclic) bond motifs is 3. The van der Waals surface area contributed by atoms with Crippen LogP contribution in [0.25, 0.3) is 0 Å². The van der Waals surface area contributed by atoms with E-state index in [4.69, 9.17) is 0 Å². The topological polar surface area (TPSA) is 95.0 Å². The van der Waals surface area contributed by atoms with Crippen LogP contribution in [0.15, 0.2) is 52.7 Å². The molecule has 152 valence electrons. The lowest BCUT2D eigenvalue weighted by molar-refractivity contribution is 0.311. The van der Waals surface area contributed by atoms with Gasteiger partial charge in [0.2, 0.25) is 0 Å². The van der Waals surface area contributed by atoms with E-state index in [2.05, 4.69) is 10.1 Å². The Morgan fingerprint density at radius 1 is 1.14 bits per heavy atom. The third-order valence-electron chi connectivity index (χ3n) is 5.76. The van der Waals surface area contributed by atoms with Crippen LogP contribution in [0.4, 0.5) is 0 Å². The van der Waals surface area contributed by atoms with Crippen molar-refractivity contribution in [3.05, 3.63) is 64.7 Å². The lowest BCUT2D eigenvalue weighted by Crippen LogP contribution is -2.43. The molecule has 0 unspecified atom stereocenters. The molecule has 0 N–H and O–H groups in total. The van der Waals surface area contributed by atoms with Crippen molar-refractivity contribution in [2.45, 2.75) is 49.5 Å². The molecule has 2 aromatic heterocycles. The van der Waals surface area contributed by atoms with Gasteiger partial charge in [-0.15, -0.1) is 0 Å². The van der Waals surface area contributed by atoms with Crippen molar-refractivity contribution in [3.63, 3.8) is 0 Å². The molecule has 2 aliphatic heterocycles. The zero-order valence-corrected chi connectivity index (χ0v) is 16.9. The summed E-state index contributed by atoms with van der Waals surface area (Å²) in [5, 5.41) is 4.60. The second kappa shape index (κ2) is 6.67. The lowest BCUT2D eigenvalue weighted by atomic mass is 10.1. The van der Waals surface area contributed by atoms with E-state index < -0.39 is 10.0 Å². The average molecular weight is 414 g/mol. The van der Waals surface area contributed by atoms with Crippen LogP contribution in [0.3, 0.4) is 0 Å². The highest BCUT2D eigenvalue weighted by molar-refractivity contribution is 7.89. The van der Waals surface area contributed by atoms with Crippen molar-refractivity contribution in [1.82, 2.24) is 28.2 Å². The van der Waals surface area contributed by atoms with Gasteiger partial charge in [0, 0.05) is 38.3 Å². The Morgan fingerprint density at radius 2 is 1.90 bits per heavy atom. The molecule has 2 aliphatic rings. The lowest BCUT2D eigenvalue weighted by Gasteiger charge is -2.25. The maximum Gasteiger partial charge on any atom is 0.346 e. The molecule has 3 aromatic rings. The van der Waals surface area contributed by atoms with Crippen molar-refractivity contribution >= 4 is 10.0 Å². The molecule has 1 saturated heterocycles. The molecule has 10 heteroatoms. The van der Waals surface area contributed by atoms with E-state index in [1.807, 2.05) is 30.3 Å². The first kappa shape index (κ1) is 18.3. The first-order chi connectivity index (χ1) is 13.9. The van der Waals surface area contributed by atoms with Gasteiger partial charge in [0.25, 0.3) is 10.0 Å². The summed E-state index contributed by atoms with van der Waals surface area (Å²) in [5.74, 6) is 0.652. The van der Waals surface area contributed by atoms with Gasteiger partial charge in [0.15, 0.2) is 5.03 Å². The van der Waals surface area contributed by atoms with E-state index in [1.165, 1.54) is 17.2 Å². The van der Waals surface area contributed by atoms with E-state index in [-0.39, 0.29) is 22.8 Å². The highest BCUT2D eigenvalue weighted by Crippen LogP contribution is 2.35. The molecule has 0 saturated carbocycles. The Bertz CT molecular complexity index is 1210. The standard InChI is InChI=1S/C19H22N6O3S/c1-22-12-18(20-13-22)29(27,28)25-15-7-8-16(25)11-23-17(9-15)21-24(19(23)26)10-14-5-3-2-4-6-14/h2-6,12-13,15-16H,7-11H2,1H3/t15-,16+/m0/s1. The monoisotopic (exact) mass is 414 g/mol. The van der Waals surface area contributed by atoms with Crippen LogP contribution < -0.4 is 5.69 Å². The Hall–Kier alpha value is -2.72. The minimum absolute atomic E-state index is 0.0536. The summed E-state index contributed by atoms with van der Waals surface area (Å²) in [7, 11) is -1.97. The van der Waals surface area contributed by atoms with Gasteiger partial charge in [-0.3, -0.25) is 4.57 Å². The average Bonchev–Trinajstić information content (AvgIpc) is 3.34. The van der Waals surface area contributed by atoms with Gasteiger partial charge in [0.1, 0.15) is 5.82 Å². The number of aryl methyl sites for hydroxylation is 1. The molecule has 1 aromatic carbocycles. The summed E-state index contributed by atoms with van der Waals surface area (Å²) in [6.07, 6.45) is 4.92. The number of sulfonamides is 1. The van der Waals surface area contributed by atoms with Crippen LogP contribution in [-0.4, -0.2) is 48.7 Å². The van der Waals surface area contributed by atoms with Crippen molar-refractivity contribution < 1.29 is 8.42 Å². The highest BCUT2D eigenvalue weighted by Gasteiger charge is 2.46. The fraction of sp³-hybridized carbons (Fsp3) is 0.421. The predicted octanol–water partition coefficient (Wildman–Crippen LogP) is 0.605. The molecule has 5 rings (SSSR count). The summed E-state index contributed by atoms with van der Waals surface area (Å²) < 4.78 is 32.7. The van der Waals surface area contributed by atoms with Crippen molar-refractivity contribution in [2.75, 3.05) is 0 Å². The van der Waals surface area contributed by atoms with Crippen molar-refractivity contribution in [1.29, 1.82) is 0 Å². The second-order valence-electron chi connectivity index (χ2n) is 7.75. The largest absolute Gasteiger partial charge is 0.346 e. The number of imidazole rings is 1. The van der Waals surface area contributed by atoms with E-state index in [1.54, 1.807) is 20.5 Å². The van der Waals surface area contributed by atoms with E-state index >= 15 is 0 Å². The summed E-state index contributed by atoms with van der Waals surface area (Å²) in [6, 6.07) is 9.25. The van der Waals surface area contributed by atoms with Gasteiger partial charge in [-0.2, -0.15) is 9.40 Å². The summed E-state index contributed by atoms with van der Waals surface area (Å²) in [4.78, 5) is 17.0. The van der Waals surface area contributed by atoms with Crippen LogP contribution in [0.2, 0.25) is 0 Å². The molecule has 2 bridgehead atoms. The Kier molecular flexibility index (Phi) is 4.21. The fourth-order valence-corrected chi connectivity index (χ4v) is 6.26. The summed E-state index contributed by atoms with van der Waals surface area (Å²) in [5.41, 5.74) is 0.816. The zero-order chi connectivity index (χ0) is 20.2. The quantitative estimate of drug-likeness (QED) is 0.623. The Morgan fingerprint density at radius 3 is 2.62 bits per heavy atom. The first-order valence-corrected chi connectivity index (χ1v) is 11.1. The maximum absolute atomic E-state index is 13.2. The number of aromatic nitrogens is 5. The molecule has 0 radical (unpaired) electrons. The van der Waals surface area contributed by atoms with Crippen LogP contribution in [0.1, 0.15) is 24.2 Å². The van der Waals surface area contributed by atoms with Crippen LogP contribution >= 0.6 is 0 Å².